The number of amides is 1. The number of benzene rings is 2. The first kappa shape index (κ1) is 18.4. The van der Waals surface area contributed by atoms with Gasteiger partial charge >= 0.3 is 0 Å². The number of hydrogen-bond donors (Lipinski definition) is 2. The Hall–Kier alpha value is -2.94. The molecule has 1 saturated heterocycles. The number of hydrogen-bond acceptors (Lipinski definition) is 5. The van der Waals surface area contributed by atoms with Crippen molar-refractivity contribution >= 4 is 33.1 Å². The summed E-state index contributed by atoms with van der Waals surface area (Å²) in [6, 6.07) is 11.1. The number of sulfonamides is 1. The number of nitrogens with zero attached hydrogens (tertiary/aromatic N) is 2. The van der Waals surface area contributed by atoms with Gasteiger partial charge in [-0.05, 0) is 37.1 Å². The highest BCUT2D eigenvalue weighted by atomic mass is 32.2. The van der Waals surface area contributed by atoms with Gasteiger partial charge in [-0.3, -0.25) is 14.5 Å². The van der Waals surface area contributed by atoms with Crippen molar-refractivity contribution in [3.05, 3.63) is 53.8 Å². The standard InChI is InChI=1S/C19H19FN4O3S/c20-14-7-5-8-15(24-10-3-4-11-24)18(14)22-17(25)12-21-19-13-6-1-2-9-16(13)28(26,27)23-19/h1-2,5-9H,3-4,10-12H2,(H,21,23)(H,22,25). The zero-order chi connectivity index (χ0) is 19.7. The van der Waals surface area contributed by atoms with Gasteiger partial charge in [-0.1, -0.05) is 18.2 Å². The van der Waals surface area contributed by atoms with Crippen molar-refractivity contribution in [2.24, 2.45) is 4.99 Å². The molecule has 1 fully saturated rings. The Morgan fingerprint density at radius 2 is 1.89 bits per heavy atom. The Kier molecular flexibility index (Phi) is 4.76. The summed E-state index contributed by atoms with van der Waals surface area (Å²) in [5.74, 6) is -0.932. The predicted molar refractivity (Wildman–Crippen MR) is 105 cm³/mol. The van der Waals surface area contributed by atoms with E-state index in [4.69, 9.17) is 0 Å². The molecule has 7 nitrogen and oxygen atoms in total. The molecule has 2 N–H and O–H groups in total. The Morgan fingerprint density at radius 3 is 2.68 bits per heavy atom. The summed E-state index contributed by atoms with van der Waals surface area (Å²) in [7, 11) is -3.67. The van der Waals surface area contributed by atoms with E-state index in [2.05, 4.69) is 15.0 Å². The van der Waals surface area contributed by atoms with E-state index in [9.17, 15) is 17.6 Å². The van der Waals surface area contributed by atoms with Crippen LogP contribution in [0.5, 0.6) is 0 Å². The summed E-state index contributed by atoms with van der Waals surface area (Å²) < 4.78 is 40.9. The lowest BCUT2D eigenvalue weighted by molar-refractivity contribution is -0.114. The molecule has 0 unspecified atom stereocenters. The maximum Gasteiger partial charge on any atom is 0.263 e. The monoisotopic (exact) mass is 402 g/mol. The Labute approximate surface area is 162 Å². The Balaban J connectivity index is 1.53. The number of halogens is 1. The molecule has 1 amide bonds. The third kappa shape index (κ3) is 3.45. The SMILES string of the molecule is O=C(CN=C1NS(=O)(=O)c2ccccc21)Nc1c(F)cccc1N1CCCC1. The Bertz CT molecular complexity index is 1060. The average molecular weight is 402 g/mol. The van der Waals surface area contributed by atoms with Crippen molar-refractivity contribution in [1.82, 2.24) is 4.72 Å². The van der Waals surface area contributed by atoms with Crippen LogP contribution in [0.1, 0.15) is 18.4 Å². The number of aliphatic imine (C=N–C) groups is 1. The zero-order valence-corrected chi connectivity index (χ0v) is 15.8. The lowest BCUT2D eigenvalue weighted by Crippen LogP contribution is -2.25. The van der Waals surface area contributed by atoms with Crippen LogP contribution in [0.3, 0.4) is 0 Å². The van der Waals surface area contributed by atoms with E-state index >= 15 is 0 Å². The minimum Gasteiger partial charge on any atom is -0.370 e. The van der Waals surface area contributed by atoms with Gasteiger partial charge < -0.3 is 10.2 Å². The maximum atomic E-state index is 14.3. The molecular weight excluding hydrogens is 383 g/mol. The van der Waals surface area contributed by atoms with E-state index in [-0.39, 0.29) is 23.0 Å². The molecule has 146 valence electrons. The fourth-order valence-corrected chi connectivity index (χ4v) is 4.69. The molecule has 2 heterocycles. The molecule has 0 aliphatic carbocycles. The van der Waals surface area contributed by atoms with Crippen LogP contribution in [-0.4, -0.2) is 39.8 Å². The van der Waals surface area contributed by atoms with E-state index < -0.39 is 21.7 Å². The molecule has 2 aliphatic rings. The minimum atomic E-state index is -3.67. The highest BCUT2D eigenvalue weighted by molar-refractivity contribution is 7.90. The summed E-state index contributed by atoms with van der Waals surface area (Å²) in [6.07, 6.45) is 2.05. The van der Waals surface area contributed by atoms with Gasteiger partial charge in [0.25, 0.3) is 10.0 Å². The maximum absolute atomic E-state index is 14.3. The van der Waals surface area contributed by atoms with Gasteiger partial charge in [0.05, 0.1) is 10.6 Å². The highest BCUT2D eigenvalue weighted by Gasteiger charge is 2.30. The summed E-state index contributed by atoms with van der Waals surface area (Å²) in [6.45, 7) is 1.29. The summed E-state index contributed by atoms with van der Waals surface area (Å²) in [5, 5.41) is 2.58. The number of carbonyl (C=O) groups excluding carboxylic acids is 1. The summed E-state index contributed by atoms with van der Waals surface area (Å²) >= 11 is 0. The van der Waals surface area contributed by atoms with Crippen LogP contribution < -0.4 is 14.9 Å². The molecule has 0 radical (unpaired) electrons. The van der Waals surface area contributed by atoms with E-state index in [0.29, 0.717) is 11.3 Å². The van der Waals surface area contributed by atoms with E-state index in [1.54, 1.807) is 30.3 Å². The lowest BCUT2D eigenvalue weighted by Gasteiger charge is -2.21. The minimum absolute atomic E-state index is 0.110. The van der Waals surface area contributed by atoms with Crippen LogP contribution >= 0.6 is 0 Å². The van der Waals surface area contributed by atoms with Gasteiger partial charge in [-0.25, -0.2) is 12.8 Å². The summed E-state index contributed by atoms with van der Waals surface area (Å²) in [5.41, 5.74) is 1.19. The molecule has 0 aromatic heterocycles. The predicted octanol–water partition coefficient (Wildman–Crippen LogP) is 2.10. The number of amidine groups is 1. The van der Waals surface area contributed by atoms with Crippen molar-refractivity contribution in [3.63, 3.8) is 0 Å². The molecule has 9 heteroatoms. The number of fused-ring (bicyclic) bond motifs is 1. The van der Waals surface area contributed by atoms with E-state index in [1.165, 1.54) is 12.1 Å². The quantitative estimate of drug-likeness (QED) is 0.820. The molecular formula is C19H19FN4O3S. The molecule has 4 rings (SSSR count). The fourth-order valence-electron chi connectivity index (χ4n) is 3.44. The van der Waals surface area contributed by atoms with E-state index in [0.717, 1.165) is 25.9 Å². The number of anilines is 2. The highest BCUT2D eigenvalue weighted by Crippen LogP contribution is 2.31. The van der Waals surface area contributed by atoms with Crippen molar-refractivity contribution < 1.29 is 17.6 Å². The molecule has 0 saturated carbocycles. The van der Waals surface area contributed by atoms with Gasteiger partial charge in [0, 0.05) is 18.7 Å². The zero-order valence-electron chi connectivity index (χ0n) is 15.0. The second-order valence-electron chi connectivity index (χ2n) is 6.64. The Morgan fingerprint density at radius 1 is 1.14 bits per heavy atom. The first-order valence-corrected chi connectivity index (χ1v) is 10.4. The van der Waals surface area contributed by atoms with Crippen LogP contribution in [0.4, 0.5) is 15.8 Å². The lowest BCUT2D eigenvalue weighted by atomic mass is 10.2. The third-order valence-electron chi connectivity index (χ3n) is 4.75. The molecule has 28 heavy (non-hydrogen) atoms. The molecule has 2 aliphatic heterocycles. The van der Waals surface area contributed by atoms with Crippen LogP contribution in [-0.2, 0) is 14.8 Å². The van der Waals surface area contributed by atoms with Crippen LogP contribution in [0.15, 0.2) is 52.4 Å². The number of carbonyl (C=O) groups is 1. The average Bonchev–Trinajstić information content (AvgIpc) is 3.29. The number of nitrogens with one attached hydrogen (secondary N) is 2. The van der Waals surface area contributed by atoms with Gasteiger partial charge in [-0.2, -0.15) is 0 Å². The van der Waals surface area contributed by atoms with Gasteiger partial charge in [0.1, 0.15) is 23.9 Å². The third-order valence-corrected chi connectivity index (χ3v) is 6.14. The second-order valence-corrected chi connectivity index (χ2v) is 8.29. The topological polar surface area (TPSA) is 90.9 Å². The van der Waals surface area contributed by atoms with Crippen molar-refractivity contribution in [2.75, 3.05) is 29.9 Å². The van der Waals surface area contributed by atoms with Crippen molar-refractivity contribution in [2.45, 2.75) is 17.7 Å². The molecule has 0 spiro atoms. The van der Waals surface area contributed by atoms with Crippen LogP contribution in [0, 0.1) is 5.82 Å². The van der Waals surface area contributed by atoms with Gasteiger partial charge in [0.15, 0.2) is 0 Å². The normalized spacial score (nSPS) is 18.8. The fraction of sp³-hybridized carbons (Fsp3) is 0.263. The first-order valence-electron chi connectivity index (χ1n) is 8.96. The van der Waals surface area contributed by atoms with Crippen molar-refractivity contribution in [3.8, 4) is 0 Å². The molecule has 2 aromatic carbocycles. The molecule has 0 atom stereocenters. The molecule has 0 bridgehead atoms. The summed E-state index contributed by atoms with van der Waals surface area (Å²) in [4.78, 5) is 18.6. The first-order chi connectivity index (χ1) is 13.5. The van der Waals surface area contributed by atoms with Gasteiger partial charge in [0.2, 0.25) is 5.91 Å². The number of para-hydroxylation sites is 1. The second kappa shape index (κ2) is 7.23. The van der Waals surface area contributed by atoms with Crippen LogP contribution in [0.2, 0.25) is 0 Å². The van der Waals surface area contributed by atoms with Gasteiger partial charge in [-0.15, -0.1) is 0 Å². The van der Waals surface area contributed by atoms with Crippen LogP contribution in [0.25, 0.3) is 0 Å². The molecule has 2 aromatic rings. The smallest absolute Gasteiger partial charge is 0.263 e. The number of rotatable bonds is 4. The largest absolute Gasteiger partial charge is 0.370 e. The van der Waals surface area contributed by atoms with Crippen molar-refractivity contribution in [1.29, 1.82) is 0 Å². The van der Waals surface area contributed by atoms with E-state index in [1.807, 2.05) is 4.90 Å².